The highest BCUT2D eigenvalue weighted by molar-refractivity contribution is 6.30. The summed E-state index contributed by atoms with van der Waals surface area (Å²) in [4.78, 5) is 14.9. The van der Waals surface area contributed by atoms with Gasteiger partial charge in [-0.1, -0.05) is 49.1 Å². The van der Waals surface area contributed by atoms with Crippen LogP contribution >= 0.6 is 11.6 Å². The summed E-state index contributed by atoms with van der Waals surface area (Å²) < 4.78 is 6.07. The van der Waals surface area contributed by atoms with Crippen molar-refractivity contribution in [2.24, 2.45) is 0 Å². The van der Waals surface area contributed by atoms with Crippen LogP contribution in [0.15, 0.2) is 48.5 Å². The van der Waals surface area contributed by atoms with Crippen molar-refractivity contribution in [1.29, 1.82) is 0 Å². The van der Waals surface area contributed by atoms with Crippen LogP contribution in [-0.2, 0) is 4.79 Å². The van der Waals surface area contributed by atoms with Crippen LogP contribution in [0.4, 0.5) is 5.69 Å². The van der Waals surface area contributed by atoms with Gasteiger partial charge in [-0.05, 0) is 55.7 Å². The first kappa shape index (κ1) is 19.3. The van der Waals surface area contributed by atoms with Crippen molar-refractivity contribution in [3.8, 4) is 5.75 Å². The average Bonchev–Trinajstić information content (AvgIpc) is 2.72. The van der Waals surface area contributed by atoms with E-state index in [1.54, 1.807) is 12.1 Å². The Morgan fingerprint density at radius 2 is 1.79 bits per heavy atom. The minimum atomic E-state index is -0.475. The van der Waals surface area contributed by atoms with E-state index < -0.39 is 6.10 Å². The number of hydrogen-bond donors (Lipinski definition) is 1. The molecule has 1 saturated carbocycles. The highest BCUT2D eigenvalue weighted by Gasteiger charge is 2.50. The topological polar surface area (TPSA) is 41.6 Å². The Morgan fingerprint density at radius 3 is 2.50 bits per heavy atom. The molecule has 2 aromatic carbocycles. The van der Waals surface area contributed by atoms with Crippen molar-refractivity contribution in [2.75, 3.05) is 11.4 Å². The molecular formula is C23H27ClN2O2. The fourth-order valence-corrected chi connectivity index (χ4v) is 4.36. The van der Waals surface area contributed by atoms with Crippen molar-refractivity contribution in [3.05, 3.63) is 59.1 Å². The van der Waals surface area contributed by atoms with E-state index in [-0.39, 0.29) is 11.9 Å². The van der Waals surface area contributed by atoms with E-state index in [0.29, 0.717) is 16.8 Å². The molecule has 2 aromatic rings. The third kappa shape index (κ3) is 4.03. The molecule has 1 heterocycles. The highest BCUT2D eigenvalue weighted by atomic mass is 35.5. The van der Waals surface area contributed by atoms with Gasteiger partial charge in [-0.25, -0.2) is 0 Å². The van der Waals surface area contributed by atoms with Gasteiger partial charge in [0.05, 0.1) is 6.04 Å². The van der Waals surface area contributed by atoms with Gasteiger partial charge in [-0.3, -0.25) is 4.79 Å². The van der Waals surface area contributed by atoms with Crippen molar-refractivity contribution >= 4 is 23.2 Å². The monoisotopic (exact) mass is 398 g/mol. The van der Waals surface area contributed by atoms with E-state index in [4.69, 9.17) is 16.3 Å². The van der Waals surface area contributed by atoms with E-state index in [1.165, 1.54) is 32.1 Å². The smallest absolute Gasteiger partial charge is 0.270 e. The molecule has 0 bridgehead atoms. The number of benzene rings is 2. The molecule has 4 nitrogen and oxygen atoms in total. The number of β-lactam (4-membered cyclic amide) rings is 1. The summed E-state index contributed by atoms with van der Waals surface area (Å²) in [7, 11) is 0. The first-order chi connectivity index (χ1) is 13.6. The summed E-state index contributed by atoms with van der Waals surface area (Å²) in [5.74, 6) is 0.689. The quantitative estimate of drug-likeness (QED) is 0.715. The molecule has 1 aliphatic carbocycles. The number of halogens is 1. The molecule has 0 aromatic heterocycles. The molecule has 0 radical (unpaired) electrons. The Bertz CT molecular complexity index is 818. The predicted molar refractivity (Wildman–Crippen MR) is 113 cm³/mol. The zero-order valence-corrected chi connectivity index (χ0v) is 17.0. The zero-order valence-electron chi connectivity index (χ0n) is 16.2. The van der Waals surface area contributed by atoms with Crippen molar-refractivity contribution in [1.82, 2.24) is 5.32 Å². The number of rotatable bonds is 6. The van der Waals surface area contributed by atoms with Gasteiger partial charge in [0.2, 0.25) is 0 Å². The lowest BCUT2D eigenvalue weighted by molar-refractivity contribution is -0.134. The maximum atomic E-state index is 13.0. The molecule has 28 heavy (non-hydrogen) atoms. The molecule has 1 aliphatic heterocycles. The molecule has 1 amide bonds. The summed E-state index contributed by atoms with van der Waals surface area (Å²) >= 11 is 5.97. The number of aryl methyl sites for hydroxylation is 1. The van der Waals surface area contributed by atoms with Crippen LogP contribution in [0.5, 0.6) is 5.75 Å². The Balaban J connectivity index is 1.51. The van der Waals surface area contributed by atoms with E-state index in [0.717, 1.165) is 17.8 Å². The third-order valence-electron chi connectivity index (χ3n) is 5.83. The fraction of sp³-hybridized carbons (Fsp3) is 0.435. The van der Waals surface area contributed by atoms with E-state index >= 15 is 0 Å². The second-order valence-corrected chi connectivity index (χ2v) is 8.23. The van der Waals surface area contributed by atoms with Gasteiger partial charge in [0.15, 0.2) is 6.10 Å². The minimum absolute atomic E-state index is 0.0136. The number of nitrogens with zero attached hydrogens (tertiary/aromatic N) is 1. The van der Waals surface area contributed by atoms with Crippen LogP contribution < -0.4 is 15.0 Å². The van der Waals surface area contributed by atoms with Crippen molar-refractivity contribution in [2.45, 2.75) is 57.2 Å². The summed E-state index contributed by atoms with van der Waals surface area (Å²) in [5.41, 5.74) is 2.07. The lowest BCUT2D eigenvalue weighted by atomic mass is 9.92. The molecule has 0 unspecified atom stereocenters. The van der Waals surface area contributed by atoms with Gasteiger partial charge in [-0.2, -0.15) is 0 Å². The lowest BCUT2D eigenvalue weighted by Gasteiger charge is -2.47. The van der Waals surface area contributed by atoms with Crippen LogP contribution in [0.2, 0.25) is 5.02 Å². The standard InChI is InChI=1S/C23H27ClN2O2/c1-16-7-5-6-10-20(16)26-21(15-25-18-8-3-2-4-9-18)22(23(26)27)28-19-13-11-17(24)12-14-19/h5-7,10-14,18,21-22,25H,2-4,8-9,15H2,1H3/t21-,22-/m0/s1. The first-order valence-electron chi connectivity index (χ1n) is 10.2. The average molecular weight is 399 g/mol. The van der Waals surface area contributed by atoms with Gasteiger partial charge in [0.25, 0.3) is 5.91 Å². The number of amides is 1. The highest BCUT2D eigenvalue weighted by Crippen LogP contribution is 2.33. The van der Waals surface area contributed by atoms with Gasteiger partial charge in [-0.15, -0.1) is 0 Å². The lowest BCUT2D eigenvalue weighted by Crippen LogP contribution is -2.70. The second kappa shape index (κ2) is 8.54. The largest absolute Gasteiger partial charge is 0.478 e. The Labute approximate surface area is 171 Å². The van der Waals surface area contributed by atoms with Crippen LogP contribution in [0.25, 0.3) is 0 Å². The van der Waals surface area contributed by atoms with Crippen LogP contribution in [-0.4, -0.2) is 30.6 Å². The molecule has 2 aliphatic rings. The molecule has 4 rings (SSSR count). The van der Waals surface area contributed by atoms with E-state index in [1.807, 2.05) is 48.2 Å². The predicted octanol–water partition coefficient (Wildman–Crippen LogP) is 4.73. The fourth-order valence-electron chi connectivity index (χ4n) is 4.23. The zero-order chi connectivity index (χ0) is 19.5. The number of anilines is 1. The Morgan fingerprint density at radius 1 is 1.07 bits per heavy atom. The van der Waals surface area contributed by atoms with E-state index in [2.05, 4.69) is 5.32 Å². The summed E-state index contributed by atoms with van der Waals surface area (Å²) in [6.45, 7) is 2.78. The van der Waals surface area contributed by atoms with Crippen molar-refractivity contribution < 1.29 is 9.53 Å². The van der Waals surface area contributed by atoms with Gasteiger partial charge in [0.1, 0.15) is 5.75 Å². The number of hydrogen-bond acceptors (Lipinski definition) is 3. The number of ether oxygens (including phenoxy) is 1. The number of para-hydroxylation sites is 1. The number of nitrogens with one attached hydrogen (secondary N) is 1. The molecular weight excluding hydrogens is 372 g/mol. The van der Waals surface area contributed by atoms with Crippen LogP contribution in [0, 0.1) is 6.92 Å². The molecule has 0 spiro atoms. The summed E-state index contributed by atoms with van der Waals surface area (Å²) in [5, 5.41) is 4.35. The molecule has 2 atom stereocenters. The van der Waals surface area contributed by atoms with Crippen LogP contribution in [0.1, 0.15) is 37.7 Å². The summed E-state index contributed by atoms with van der Waals surface area (Å²) in [6.07, 6.45) is 5.86. The molecule has 2 fully saturated rings. The summed E-state index contributed by atoms with van der Waals surface area (Å²) in [6, 6.07) is 15.8. The molecule has 1 N–H and O–H groups in total. The second-order valence-electron chi connectivity index (χ2n) is 7.80. The van der Waals surface area contributed by atoms with Crippen molar-refractivity contribution in [3.63, 3.8) is 0 Å². The van der Waals surface area contributed by atoms with Gasteiger partial charge >= 0.3 is 0 Å². The Kier molecular flexibility index (Phi) is 5.88. The maximum Gasteiger partial charge on any atom is 0.270 e. The maximum absolute atomic E-state index is 13.0. The molecule has 148 valence electrons. The van der Waals surface area contributed by atoms with Crippen LogP contribution in [0.3, 0.4) is 0 Å². The normalized spacial score (nSPS) is 22.8. The molecule has 1 saturated heterocycles. The minimum Gasteiger partial charge on any atom is -0.478 e. The number of carbonyl (C=O) groups is 1. The van der Waals surface area contributed by atoms with Gasteiger partial charge < -0.3 is 15.0 Å². The van der Waals surface area contributed by atoms with Gasteiger partial charge in [0, 0.05) is 23.3 Å². The number of carbonyl (C=O) groups excluding carboxylic acids is 1. The Hall–Kier alpha value is -2.04. The SMILES string of the molecule is Cc1ccccc1N1C(=O)[C@@H](Oc2ccc(Cl)cc2)[C@@H]1CNC1CCCCC1. The third-order valence-corrected chi connectivity index (χ3v) is 6.09. The molecule has 5 heteroatoms. The first-order valence-corrected chi connectivity index (χ1v) is 10.6. The van der Waals surface area contributed by atoms with E-state index in [9.17, 15) is 4.79 Å².